The van der Waals surface area contributed by atoms with Crippen LogP contribution in [-0.4, -0.2) is 81.0 Å². The molecule has 4 amide bonds. The number of alkyl carbamates (subject to hydrolysis) is 2. The van der Waals surface area contributed by atoms with Crippen molar-refractivity contribution in [2.24, 2.45) is 0 Å². The molecule has 2 aliphatic rings. The molecule has 0 aliphatic carbocycles. The summed E-state index contributed by atoms with van der Waals surface area (Å²) in [5.74, 6) is 0.804. The zero-order chi connectivity index (χ0) is 41.6. The number of H-pyrrole nitrogens is 2. The summed E-state index contributed by atoms with van der Waals surface area (Å²) in [5.41, 5.74) is 6.92. The first-order valence-corrected chi connectivity index (χ1v) is 19.7. The van der Waals surface area contributed by atoms with E-state index in [1.165, 1.54) is 14.2 Å². The van der Waals surface area contributed by atoms with E-state index in [1.54, 1.807) is 34.3 Å². The molecule has 304 valence electrons. The summed E-state index contributed by atoms with van der Waals surface area (Å²) in [6.07, 6.45) is 7.58. The molecule has 4 N–H and O–H groups in total. The summed E-state index contributed by atoms with van der Waals surface area (Å²) in [4.78, 5) is 71.8. The lowest BCUT2D eigenvalue weighted by atomic mass is 10.0. The number of likely N-dealkylation sites (tertiary alicyclic amines) is 1. The summed E-state index contributed by atoms with van der Waals surface area (Å²) >= 11 is 0. The molecule has 4 heterocycles. The van der Waals surface area contributed by atoms with E-state index in [9.17, 15) is 19.2 Å². The van der Waals surface area contributed by atoms with E-state index in [4.69, 9.17) is 14.5 Å². The number of benzene rings is 4. The van der Waals surface area contributed by atoms with Crippen LogP contribution in [0.25, 0.3) is 33.6 Å². The first kappa shape index (κ1) is 39.4. The number of aromatic nitrogens is 4. The number of rotatable bonds is 11. The lowest BCUT2D eigenvalue weighted by Crippen LogP contribution is -2.43. The largest absolute Gasteiger partial charge is 0.453 e. The van der Waals surface area contributed by atoms with Gasteiger partial charge in [-0.05, 0) is 46.2 Å². The second-order valence-corrected chi connectivity index (χ2v) is 14.5. The molecule has 6 aromatic rings. The minimum absolute atomic E-state index is 0.219. The van der Waals surface area contributed by atoms with Crippen LogP contribution >= 0.6 is 0 Å². The van der Waals surface area contributed by atoms with Crippen molar-refractivity contribution in [3.8, 4) is 33.6 Å². The van der Waals surface area contributed by atoms with Crippen LogP contribution in [-0.2, 0) is 19.1 Å². The van der Waals surface area contributed by atoms with E-state index < -0.39 is 30.3 Å². The molecular formula is C46H44N8O6. The summed E-state index contributed by atoms with van der Waals surface area (Å²) in [7, 11) is 2.54. The number of nitrogens with zero attached hydrogens (tertiary/aromatic N) is 4. The van der Waals surface area contributed by atoms with E-state index >= 15 is 0 Å². The minimum atomic E-state index is -0.924. The first-order chi connectivity index (χ1) is 29.3. The average molecular weight is 805 g/mol. The Morgan fingerprint density at radius 1 is 0.633 bits per heavy atom. The highest BCUT2D eigenvalue weighted by Crippen LogP contribution is 2.35. The first-order valence-electron chi connectivity index (χ1n) is 19.7. The Hall–Kier alpha value is -7.48. The Morgan fingerprint density at radius 3 is 1.62 bits per heavy atom. The third-order valence-electron chi connectivity index (χ3n) is 10.9. The van der Waals surface area contributed by atoms with Crippen molar-refractivity contribution in [1.29, 1.82) is 0 Å². The van der Waals surface area contributed by atoms with Gasteiger partial charge in [-0.25, -0.2) is 19.6 Å². The van der Waals surface area contributed by atoms with Crippen molar-refractivity contribution >= 4 is 24.0 Å². The van der Waals surface area contributed by atoms with E-state index in [0.29, 0.717) is 35.9 Å². The van der Waals surface area contributed by atoms with Gasteiger partial charge in [0, 0.05) is 13.1 Å². The van der Waals surface area contributed by atoms with Crippen molar-refractivity contribution in [3.63, 3.8) is 0 Å². The van der Waals surface area contributed by atoms with Gasteiger partial charge in [0.1, 0.15) is 29.8 Å². The predicted molar refractivity (Wildman–Crippen MR) is 224 cm³/mol. The number of carbonyl (C=O) groups excluding carboxylic acids is 4. The van der Waals surface area contributed by atoms with Gasteiger partial charge in [0.15, 0.2) is 0 Å². The SMILES string of the molecule is COC(=O)N[C@@H](C(=O)N1CC=CC1c1ncc(-c2ccc(-c3ccc(-c4cnc(C5CCCN5C(=O)[C@H](NC(=O)OC)c5ccccc5)[nH]4)cc3)cc2)[nH]1)c1ccccc1. The molecule has 0 bridgehead atoms. The Morgan fingerprint density at radius 2 is 1.10 bits per heavy atom. The Labute approximate surface area is 346 Å². The fourth-order valence-corrected chi connectivity index (χ4v) is 7.82. The highest BCUT2D eigenvalue weighted by Gasteiger charge is 2.37. The maximum atomic E-state index is 13.9. The zero-order valence-corrected chi connectivity index (χ0v) is 33.1. The van der Waals surface area contributed by atoms with Crippen molar-refractivity contribution in [2.45, 2.75) is 37.0 Å². The summed E-state index contributed by atoms with van der Waals surface area (Å²) in [6.45, 7) is 0.916. The minimum Gasteiger partial charge on any atom is -0.453 e. The van der Waals surface area contributed by atoms with Gasteiger partial charge < -0.3 is 39.9 Å². The molecule has 1 saturated heterocycles. The second kappa shape index (κ2) is 17.6. The number of hydrogen-bond acceptors (Lipinski definition) is 8. The molecule has 2 aliphatic heterocycles. The molecule has 0 spiro atoms. The number of amides is 4. The van der Waals surface area contributed by atoms with E-state index in [2.05, 4.69) is 49.9 Å². The van der Waals surface area contributed by atoms with Crippen LogP contribution in [0.5, 0.6) is 0 Å². The third-order valence-corrected chi connectivity index (χ3v) is 10.9. The van der Waals surface area contributed by atoms with Crippen molar-refractivity contribution in [3.05, 3.63) is 157 Å². The predicted octanol–water partition coefficient (Wildman–Crippen LogP) is 7.43. The molecule has 4 atom stereocenters. The van der Waals surface area contributed by atoms with E-state index in [0.717, 1.165) is 46.5 Å². The Bertz CT molecular complexity index is 2480. The summed E-state index contributed by atoms with van der Waals surface area (Å²) in [5, 5.41) is 5.39. The van der Waals surface area contributed by atoms with Crippen molar-refractivity contribution in [1.82, 2.24) is 40.4 Å². The third kappa shape index (κ3) is 8.25. The molecular weight excluding hydrogens is 761 g/mol. The highest BCUT2D eigenvalue weighted by molar-refractivity contribution is 5.88. The van der Waals surface area contributed by atoms with Crippen LogP contribution in [0.15, 0.2) is 134 Å². The van der Waals surface area contributed by atoms with E-state index in [-0.39, 0.29) is 17.9 Å². The van der Waals surface area contributed by atoms with Crippen molar-refractivity contribution < 1.29 is 28.7 Å². The van der Waals surface area contributed by atoms with Gasteiger partial charge in [-0.1, -0.05) is 121 Å². The van der Waals surface area contributed by atoms with Crippen molar-refractivity contribution in [2.75, 3.05) is 27.3 Å². The summed E-state index contributed by atoms with van der Waals surface area (Å²) in [6, 6.07) is 32.1. The van der Waals surface area contributed by atoms with Crippen LogP contribution in [0.2, 0.25) is 0 Å². The maximum absolute atomic E-state index is 13.9. The quantitative estimate of drug-likeness (QED) is 0.0979. The number of nitrogens with one attached hydrogen (secondary N) is 4. The van der Waals surface area contributed by atoms with Gasteiger partial charge in [0.25, 0.3) is 11.8 Å². The molecule has 14 heteroatoms. The fraction of sp³-hybridized carbons (Fsp3) is 0.217. The monoisotopic (exact) mass is 804 g/mol. The normalized spacial score (nSPS) is 16.9. The van der Waals surface area contributed by atoms with Crippen LogP contribution in [0.4, 0.5) is 9.59 Å². The molecule has 2 unspecified atom stereocenters. The van der Waals surface area contributed by atoms with Gasteiger partial charge in [-0.15, -0.1) is 0 Å². The van der Waals surface area contributed by atoms with Gasteiger partial charge >= 0.3 is 12.2 Å². The molecule has 14 nitrogen and oxygen atoms in total. The number of methoxy groups -OCH3 is 2. The summed E-state index contributed by atoms with van der Waals surface area (Å²) < 4.78 is 9.64. The number of aromatic amines is 2. The Kier molecular flexibility index (Phi) is 11.5. The Balaban J connectivity index is 0.929. The molecule has 4 aromatic carbocycles. The number of hydrogen-bond donors (Lipinski definition) is 4. The molecule has 60 heavy (non-hydrogen) atoms. The fourth-order valence-electron chi connectivity index (χ4n) is 7.82. The average Bonchev–Trinajstić information content (AvgIpc) is 4.15. The van der Waals surface area contributed by atoms with Gasteiger partial charge in [-0.2, -0.15) is 0 Å². The van der Waals surface area contributed by atoms with Gasteiger partial charge in [-0.3, -0.25) is 9.59 Å². The smallest absolute Gasteiger partial charge is 0.407 e. The molecule has 0 saturated carbocycles. The maximum Gasteiger partial charge on any atom is 0.407 e. The molecule has 8 rings (SSSR count). The lowest BCUT2D eigenvalue weighted by Gasteiger charge is -2.28. The standard InChI is InChI=1S/C46H44N8O6/c1-59-45(57)51-39(33-11-5-3-6-12-33)43(55)53-25-9-15-37(53)41-47-27-35(49-41)31-21-17-29(18-22-31)30-19-23-32(24-20-30)36-28-48-42(50-36)38-16-10-26-54(38)44(56)40(52-46(58)60-2)34-13-7-4-8-14-34/h3-9,11-15,17-24,27-28,37-40H,10,16,25-26H2,1-2H3,(H,47,49)(H,48,50)(H,51,57)(H,52,58)/t37?,38?,39-,40-/m1/s1. The van der Waals surface area contributed by atoms with Crippen LogP contribution < -0.4 is 10.6 Å². The lowest BCUT2D eigenvalue weighted by molar-refractivity contribution is -0.135. The van der Waals surface area contributed by atoms with E-state index in [1.807, 2.05) is 84.9 Å². The molecule has 1 fully saturated rings. The number of carbonyl (C=O) groups is 4. The topological polar surface area (TPSA) is 175 Å². The number of imidazole rings is 2. The van der Waals surface area contributed by atoms with Gasteiger partial charge in [0.05, 0.1) is 44.0 Å². The highest BCUT2D eigenvalue weighted by atomic mass is 16.5. The second-order valence-electron chi connectivity index (χ2n) is 14.5. The number of ether oxygens (including phenoxy) is 2. The molecule has 2 aromatic heterocycles. The van der Waals surface area contributed by atoms with Gasteiger partial charge in [0.2, 0.25) is 0 Å². The zero-order valence-electron chi connectivity index (χ0n) is 33.1. The molecule has 0 radical (unpaired) electrons. The van der Waals surface area contributed by atoms with Crippen LogP contribution in [0.1, 0.15) is 59.8 Å². The van der Waals surface area contributed by atoms with Crippen LogP contribution in [0.3, 0.4) is 0 Å². The van der Waals surface area contributed by atoms with Crippen LogP contribution in [0, 0.1) is 0 Å².